The molecular formula is C17H18N4O3. The van der Waals surface area contributed by atoms with E-state index in [2.05, 4.69) is 15.4 Å². The van der Waals surface area contributed by atoms with Gasteiger partial charge in [-0.15, -0.1) is 0 Å². The van der Waals surface area contributed by atoms with Gasteiger partial charge in [0.1, 0.15) is 0 Å². The number of aromatic nitrogens is 3. The number of hydrogen-bond donors (Lipinski definition) is 3. The molecule has 124 valence electrons. The van der Waals surface area contributed by atoms with Gasteiger partial charge in [0.25, 0.3) is 11.5 Å². The zero-order chi connectivity index (χ0) is 17.3. The molecule has 0 saturated heterocycles. The zero-order valence-electron chi connectivity index (χ0n) is 13.4. The minimum atomic E-state index is -0.551. The molecule has 2 heterocycles. The summed E-state index contributed by atoms with van der Waals surface area (Å²) in [5.41, 5.74) is 1.71. The fourth-order valence-electron chi connectivity index (χ4n) is 2.72. The number of hydrogen-bond acceptors (Lipinski definition) is 4. The first-order valence-electron chi connectivity index (χ1n) is 7.54. The molecule has 3 aromatic rings. The van der Waals surface area contributed by atoms with Crippen molar-refractivity contribution in [3.05, 3.63) is 63.6 Å². The average molecular weight is 326 g/mol. The average Bonchev–Trinajstić information content (AvgIpc) is 2.86. The number of aryl methyl sites for hydroxylation is 2. The number of benzene rings is 1. The first kappa shape index (κ1) is 15.9. The second kappa shape index (κ2) is 6.29. The number of aliphatic hydroxyl groups is 1. The van der Waals surface area contributed by atoms with E-state index in [-0.39, 0.29) is 23.1 Å². The van der Waals surface area contributed by atoms with Crippen LogP contribution in [0.4, 0.5) is 0 Å². The number of pyridine rings is 1. The molecule has 3 N–H and O–H groups in total. The molecule has 0 bridgehead atoms. The highest BCUT2D eigenvalue weighted by Crippen LogP contribution is 2.17. The number of nitrogens with one attached hydrogen (secondary N) is 2. The number of nitrogens with zero attached hydrogens (tertiary/aromatic N) is 2. The summed E-state index contributed by atoms with van der Waals surface area (Å²) in [5, 5.41) is 15.2. The van der Waals surface area contributed by atoms with Gasteiger partial charge in [0.15, 0.2) is 5.65 Å². The Bertz CT molecular complexity index is 944. The number of aliphatic hydroxyl groups excluding tert-OH is 1. The topological polar surface area (TPSA) is 100 Å². The van der Waals surface area contributed by atoms with Crippen LogP contribution in [0.15, 0.2) is 41.2 Å². The van der Waals surface area contributed by atoms with Crippen LogP contribution in [-0.2, 0) is 7.05 Å². The van der Waals surface area contributed by atoms with Gasteiger partial charge in [-0.25, -0.2) is 4.98 Å². The van der Waals surface area contributed by atoms with Crippen molar-refractivity contribution in [3.8, 4) is 0 Å². The van der Waals surface area contributed by atoms with Crippen LogP contribution in [0, 0.1) is 6.92 Å². The van der Waals surface area contributed by atoms with E-state index in [0.717, 1.165) is 5.56 Å². The van der Waals surface area contributed by atoms with Crippen LogP contribution >= 0.6 is 0 Å². The Morgan fingerprint density at radius 2 is 2.08 bits per heavy atom. The number of rotatable bonds is 4. The van der Waals surface area contributed by atoms with Crippen molar-refractivity contribution in [2.45, 2.75) is 13.0 Å². The van der Waals surface area contributed by atoms with Crippen LogP contribution < -0.4 is 10.9 Å². The van der Waals surface area contributed by atoms with Gasteiger partial charge in [0.05, 0.1) is 23.6 Å². The van der Waals surface area contributed by atoms with Crippen molar-refractivity contribution in [3.63, 3.8) is 0 Å². The van der Waals surface area contributed by atoms with Crippen molar-refractivity contribution in [1.29, 1.82) is 0 Å². The third kappa shape index (κ3) is 2.81. The lowest BCUT2D eigenvalue weighted by Gasteiger charge is -2.17. The molecule has 3 rings (SSSR count). The van der Waals surface area contributed by atoms with Crippen LogP contribution in [0.2, 0.25) is 0 Å². The maximum Gasteiger partial charge on any atom is 0.274 e. The Labute approximate surface area is 137 Å². The van der Waals surface area contributed by atoms with E-state index in [1.54, 1.807) is 20.0 Å². The summed E-state index contributed by atoms with van der Waals surface area (Å²) in [6.07, 6.45) is 0. The summed E-state index contributed by atoms with van der Waals surface area (Å²) in [7, 11) is 1.67. The van der Waals surface area contributed by atoms with E-state index >= 15 is 0 Å². The molecule has 0 saturated carbocycles. The normalized spacial score (nSPS) is 12.3. The number of amides is 1. The molecule has 0 unspecified atom stereocenters. The first-order valence-corrected chi connectivity index (χ1v) is 7.54. The monoisotopic (exact) mass is 326 g/mol. The van der Waals surface area contributed by atoms with Gasteiger partial charge in [-0.1, -0.05) is 30.3 Å². The minimum absolute atomic E-state index is 0.241. The Hall–Kier alpha value is -2.93. The highest BCUT2D eigenvalue weighted by molar-refractivity contribution is 6.05. The molecule has 0 aliphatic heterocycles. The van der Waals surface area contributed by atoms with Gasteiger partial charge >= 0.3 is 0 Å². The second-order valence-corrected chi connectivity index (χ2v) is 5.63. The van der Waals surface area contributed by atoms with E-state index in [0.29, 0.717) is 11.3 Å². The van der Waals surface area contributed by atoms with E-state index in [1.165, 1.54) is 4.68 Å². The molecule has 1 amide bonds. The molecule has 0 aliphatic carbocycles. The fourth-order valence-corrected chi connectivity index (χ4v) is 2.72. The number of aromatic amines is 1. The molecule has 0 fully saturated rings. The van der Waals surface area contributed by atoms with E-state index in [9.17, 15) is 14.7 Å². The molecule has 7 heteroatoms. The number of carbonyl (C=O) groups is 1. The van der Waals surface area contributed by atoms with Crippen LogP contribution in [0.3, 0.4) is 0 Å². The highest BCUT2D eigenvalue weighted by atomic mass is 16.3. The molecule has 2 aromatic heterocycles. The predicted molar refractivity (Wildman–Crippen MR) is 89.8 cm³/mol. The summed E-state index contributed by atoms with van der Waals surface area (Å²) < 4.78 is 1.49. The summed E-state index contributed by atoms with van der Waals surface area (Å²) in [6.45, 7) is 1.52. The summed E-state index contributed by atoms with van der Waals surface area (Å²) >= 11 is 0. The molecule has 0 aliphatic rings. The first-order chi connectivity index (χ1) is 11.5. The number of H-pyrrole nitrogens is 1. The largest absolute Gasteiger partial charge is 0.394 e. The van der Waals surface area contributed by atoms with Crippen molar-refractivity contribution in [2.24, 2.45) is 7.05 Å². The minimum Gasteiger partial charge on any atom is -0.394 e. The third-order valence-electron chi connectivity index (χ3n) is 3.88. The smallest absolute Gasteiger partial charge is 0.274 e. The van der Waals surface area contributed by atoms with E-state index in [1.807, 2.05) is 30.3 Å². The maximum absolute atomic E-state index is 12.7. The van der Waals surface area contributed by atoms with Gasteiger partial charge < -0.3 is 10.4 Å². The fraction of sp³-hybridized carbons (Fsp3) is 0.235. The molecule has 1 atom stereocenters. The molecule has 1 aromatic carbocycles. The van der Waals surface area contributed by atoms with Crippen LogP contribution in [-0.4, -0.2) is 32.4 Å². The van der Waals surface area contributed by atoms with Crippen molar-refractivity contribution in [2.75, 3.05) is 6.61 Å². The number of fused-ring (bicyclic) bond motifs is 1. The van der Waals surface area contributed by atoms with Crippen molar-refractivity contribution >= 4 is 16.9 Å². The van der Waals surface area contributed by atoms with Crippen molar-refractivity contribution in [1.82, 2.24) is 20.1 Å². The summed E-state index contributed by atoms with van der Waals surface area (Å²) in [6, 6.07) is 10.2. The molecule has 0 radical (unpaired) electrons. The second-order valence-electron chi connectivity index (χ2n) is 5.63. The van der Waals surface area contributed by atoms with Crippen molar-refractivity contribution < 1.29 is 9.90 Å². The molecule has 7 nitrogen and oxygen atoms in total. The lowest BCUT2D eigenvalue weighted by molar-refractivity contribution is 0.0917. The van der Waals surface area contributed by atoms with Gasteiger partial charge in [-0.2, -0.15) is 0 Å². The maximum atomic E-state index is 12.7. The highest BCUT2D eigenvalue weighted by Gasteiger charge is 2.20. The summed E-state index contributed by atoms with van der Waals surface area (Å²) in [4.78, 5) is 29.1. The molecular weight excluding hydrogens is 308 g/mol. The van der Waals surface area contributed by atoms with Crippen LogP contribution in [0.5, 0.6) is 0 Å². The van der Waals surface area contributed by atoms with Crippen LogP contribution in [0.1, 0.15) is 27.7 Å². The lowest BCUT2D eigenvalue weighted by atomic mass is 10.1. The Morgan fingerprint density at radius 1 is 1.38 bits per heavy atom. The quantitative estimate of drug-likeness (QED) is 0.667. The van der Waals surface area contributed by atoms with E-state index < -0.39 is 11.9 Å². The standard InChI is InChI=1S/C17H18N4O3/c1-10-8-12(14-15(18-10)21(2)20-17(14)24)16(23)19-13(9-22)11-6-4-3-5-7-11/h3-8,13,22H,9H2,1-2H3,(H,19,23)(H,20,24)/t13-/m1/s1. The third-order valence-corrected chi connectivity index (χ3v) is 3.88. The van der Waals surface area contributed by atoms with E-state index in [4.69, 9.17) is 0 Å². The van der Waals surface area contributed by atoms with Gasteiger partial charge in [0.2, 0.25) is 0 Å². The van der Waals surface area contributed by atoms with Crippen LogP contribution in [0.25, 0.3) is 11.0 Å². The van der Waals surface area contributed by atoms with Gasteiger partial charge in [-0.05, 0) is 18.6 Å². The Morgan fingerprint density at radius 3 is 2.75 bits per heavy atom. The number of carbonyl (C=O) groups excluding carboxylic acids is 1. The lowest BCUT2D eigenvalue weighted by Crippen LogP contribution is -2.31. The SMILES string of the molecule is Cc1cc(C(=O)N[C@H](CO)c2ccccc2)c2c(=O)[nH]n(C)c2n1. The predicted octanol–water partition coefficient (Wildman–Crippen LogP) is 1.03. The molecule has 0 spiro atoms. The summed E-state index contributed by atoms with van der Waals surface area (Å²) in [5.74, 6) is -0.426. The Balaban J connectivity index is 2.01. The van der Waals surface area contributed by atoms with Gasteiger partial charge in [0, 0.05) is 12.7 Å². The van der Waals surface area contributed by atoms with Gasteiger partial charge in [-0.3, -0.25) is 19.4 Å². The Kier molecular flexibility index (Phi) is 4.18. The zero-order valence-corrected chi connectivity index (χ0v) is 13.4. The molecule has 24 heavy (non-hydrogen) atoms.